The van der Waals surface area contributed by atoms with E-state index in [9.17, 15) is 26.4 Å². The summed E-state index contributed by atoms with van der Waals surface area (Å²) in [6.45, 7) is 0.464. The van der Waals surface area contributed by atoms with Crippen LogP contribution >= 0.6 is 15.9 Å². The highest BCUT2D eigenvalue weighted by atomic mass is 79.9. The Kier molecular flexibility index (Phi) is 7.43. The van der Waals surface area contributed by atoms with Crippen molar-refractivity contribution < 1.29 is 26.4 Å². The van der Waals surface area contributed by atoms with Crippen LogP contribution in [0.5, 0.6) is 0 Å². The number of benzene rings is 2. The van der Waals surface area contributed by atoms with Gasteiger partial charge in [-0.3, -0.25) is 4.79 Å². The molecule has 1 aliphatic heterocycles. The standard InChI is InChI=1S/C21H22BrF3N2O3S/c22-19-6-4-15(5-7-19)14-31(29,30)27-10-8-17(9-11-27)20(28)26-13-16-2-1-3-18(12-16)21(23,24)25/h1-7,12,17H,8-11,13-14H2,(H,26,28). The number of rotatable bonds is 6. The van der Waals surface area contributed by atoms with E-state index < -0.39 is 21.8 Å². The van der Waals surface area contributed by atoms with Gasteiger partial charge in [0.05, 0.1) is 11.3 Å². The van der Waals surface area contributed by atoms with Gasteiger partial charge in [-0.05, 0) is 48.2 Å². The number of halogens is 4. The fraction of sp³-hybridized carbons (Fsp3) is 0.381. The van der Waals surface area contributed by atoms with Crippen LogP contribution in [0.15, 0.2) is 53.0 Å². The lowest BCUT2D eigenvalue weighted by atomic mass is 9.97. The Morgan fingerprint density at radius 2 is 1.71 bits per heavy atom. The summed E-state index contributed by atoms with van der Waals surface area (Å²) in [5, 5.41) is 2.67. The van der Waals surface area contributed by atoms with E-state index in [-0.39, 0.29) is 37.2 Å². The second-order valence-corrected chi connectivity index (χ2v) is 10.4. The summed E-state index contributed by atoms with van der Waals surface area (Å²) in [5.41, 5.74) is 0.283. The topological polar surface area (TPSA) is 66.5 Å². The van der Waals surface area contributed by atoms with Gasteiger partial charge in [0.1, 0.15) is 0 Å². The molecule has 1 aliphatic rings. The Labute approximate surface area is 187 Å². The monoisotopic (exact) mass is 518 g/mol. The molecule has 1 saturated heterocycles. The predicted molar refractivity (Wildman–Crippen MR) is 114 cm³/mol. The van der Waals surface area contributed by atoms with Gasteiger partial charge < -0.3 is 5.32 Å². The van der Waals surface area contributed by atoms with Crippen LogP contribution in [-0.2, 0) is 33.3 Å². The number of nitrogens with one attached hydrogen (secondary N) is 1. The normalized spacial score (nSPS) is 16.3. The Balaban J connectivity index is 1.51. The van der Waals surface area contributed by atoms with Crippen LogP contribution < -0.4 is 5.32 Å². The molecule has 168 valence electrons. The largest absolute Gasteiger partial charge is 0.416 e. The summed E-state index contributed by atoms with van der Waals surface area (Å²) >= 11 is 3.31. The van der Waals surface area contributed by atoms with Gasteiger partial charge in [-0.2, -0.15) is 13.2 Å². The molecule has 0 atom stereocenters. The van der Waals surface area contributed by atoms with Gasteiger partial charge in [-0.15, -0.1) is 0 Å². The Hall–Kier alpha value is -1.91. The molecule has 1 amide bonds. The van der Waals surface area contributed by atoms with Gasteiger partial charge in [0.25, 0.3) is 0 Å². The highest BCUT2D eigenvalue weighted by molar-refractivity contribution is 9.10. The van der Waals surface area contributed by atoms with E-state index in [1.54, 1.807) is 24.3 Å². The van der Waals surface area contributed by atoms with Gasteiger partial charge >= 0.3 is 6.18 Å². The van der Waals surface area contributed by atoms with Crippen molar-refractivity contribution in [2.45, 2.75) is 31.3 Å². The number of hydrogen-bond donors (Lipinski definition) is 1. The summed E-state index contributed by atoms with van der Waals surface area (Å²) < 4.78 is 66.0. The molecule has 1 N–H and O–H groups in total. The number of sulfonamides is 1. The van der Waals surface area contributed by atoms with Crippen molar-refractivity contribution in [1.82, 2.24) is 9.62 Å². The van der Waals surface area contributed by atoms with Crippen molar-refractivity contribution in [3.63, 3.8) is 0 Å². The SMILES string of the molecule is O=C(NCc1cccc(C(F)(F)F)c1)C1CCN(S(=O)(=O)Cc2ccc(Br)cc2)CC1. The third-order valence-electron chi connectivity index (χ3n) is 5.20. The van der Waals surface area contributed by atoms with Crippen LogP contribution in [0.3, 0.4) is 0 Å². The average Bonchev–Trinajstić information content (AvgIpc) is 2.73. The third kappa shape index (κ3) is 6.54. The van der Waals surface area contributed by atoms with Gasteiger partial charge in [0.15, 0.2) is 0 Å². The molecule has 1 fully saturated rings. The molecule has 0 aromatic heterocycles. The van der Waals surface area contributed by atoms with E-state index >= 15 is 0 Å². The van der Waals surface area contributed by atoms with Crippen LogP contribution in [-0.4, -0.2) is 31.7 Å². The fourth-order valence-corrected chi connectivity index (χ4v) is 5.30. The lowest BCUT2D eigenvalue weighted by molar-refractivity contribution is -0.137. The maximum atomic E-state index is 12.8. The number of alkyl halides is 3. The van der Waals surface area contributed by atoms with Crippen molar-refractivity contribution in [2.24, 2.45) is 5.92 Å². The summed E-state index contributed by atoms with van der Waals surface area (Å²) in [6.07, 6.45) is -3.70. The molecule has 0 bridgehead atoms. The molecule has 1 heterocycles. The molecule has 0 radical (unpaired) electrons. The number of carbonyl (C=O) groups excluding carboxylic acids is 1. The smallest absolute Gasteiger partial charge is 0.352 e. The van der Waals surface area contributed by atoms with Crippen molar-refractivity contribution >= 4 is 31.9 Å². The quantitative estimate of drug-likeness (QED) is 0.618. The van der Waals surface area contributed by atoms with Crippen LogP contribution in [0.2, 0.25) is 0 Å². The fourth-order valence-electron chi connectivity index (χ4n) is 3.47. The minimum Gasteiger partial charge on any atom is -0.352 e. The molecule has 10 heteroatoms. The van der Waals surface area contributed by atoms with Crippen LogP contribution in [0.25, 0.3) is 0 Å². The van der Waals surface area contributed by atoms with E-state index in [0.717, 1.165) is 16.6 Å². The first kappa shape index (κ1) is 23.7. The Morgan fingerprint density at radius 3 is 2.32 bits per heavy atom. The molecule has 0 aliphatic carbocycles. The maximum absolute atomic E-state index is 12.8. The van der Waals surface area contributed by atoms with Crippen molar-refractivity contribution in [1.29, 1.82) is 0 Å². The second-order valence-electron chi connectivity index (χ2n) is 7.47. The molecule has 2 aromatic carbocycles. The lowest BCUT2D eigenvalue weighted by Crippen LogP contribution is -2.43. The molecular weight excluding hydrogens is 497 g/mol. The number of hydrogen-bond acceptors (Lipinski definition) is 3. The maximum Gasteiger partial charge on any atom is 0.416 e. The summed E-state index contributed by atoms with van der Waals surface area (Å²) in [5.74, 6) is -0.750. The van der Waals surface area contributed by atoms with Crippen LogP contribution in [0, 0.1) is 5.92 Å². The van der Waals surface area contributed by atoms with E-state index in [1.165, 1.54) is 16.4 Å². The first-order valence-electron chi connectivity index (χ1n) is 9.71. The summed E-state index contributed by atoms with van der Waals surface area (Å²) in [4.78, 5) is 12.4. The number of amides is 1. The third-order valence-corrected chi connectivity index (χ3v) is 7.58. The molecular formula is C21H22BrF3N2O3S. The molecule has 3 rings (SSSR count). The van der Waals surface area contributed by atoms with Gasteiger partial charge in [0.2, 0.25) is 15.9 Å². The Bertz CT molecular complexity index is 1020. The van der Waals surface area contributed by atoms with E-state index in [2.05, 4.69) is 21.2 Å². The highest BCUT2D eigenvalue weighted by Crippen LogP contribution is 2.29. The van der Waals surface area contributed by atoms with Crippen LogP contribution in [0.4, 0.5) is 13.2 Å². The van der Waals surface area contributed by atoms with Crippen molar-refractivity contribution in [2.75, 3.05) is 13.1 Å². The first-order valence-corrected chi connectivity index (χ1v) is 12.1. The zero-order valence-corrected chi connectivity index (χ0v) is 18.9. The lowest BCUT2D eigenvalue weighted by Gasteiger charge is -2.30. The molecule has 31 heavy (non-hydrogen) atoms. The minimum atomic E-state index is -4.44. The number of nitrogens with zero attached hydrogens (tertiary/aromatic N) is 1. The van der Waals surface area contributed by atoms with E-state index in [4.69, 9.17) is 0 Å². The van der Waals surface area contributed by atoms with Gasteiger partial charge in [-0.25, -0.2) is 12.7 Å². The first-order chi connectivity index (χ1) is 14.5. The molecule has 0 unspecified atom stereocenters. The van der Waals surface area contributed by atoms with Crippen molar-refractivity contribution in [3.8, 4) is 0 Å². The minimum absolute atomic E-state index is 0.00909. The van der Waals surface area contributed by atoms with Gasteiger partial charge in [0, 0.05) is 30.0 Å². The zero-order valence-electron chi connectivity index (χ0n) is 16.5. The van der Waals surface area contributed by atoms with Crippen molar-refractivity contribution in [3.05, 3.63) is 69.7 Å². The molecule has 0 saturated carbocycles. The highest BCUT2D eigenvalue weighted by Gasteiger charge is 2.32. The summed E-state index contributed by atoms with van der Waals surface area (Å²) in [7, 11) is -3.49. The van der Waals surface area contributed by atoms with E-state index in [0.29, 0.717) is 24.0 Å². The van der Waals surface area contributed by atoms with E-state index in [1.807, 2.05) is 0 Å². The summed E-state index contributed by atoms with van der Waals surface area (Å²) in [6, 6.07) is 11.9. The number of carbonyl (C=O) groups is 1. The van der Waals surface area contributed by atoms with Gasteiger partial charge in [-0.1, -0.05) is 40.2 Å². The number of piperidine rings is 1. The predicted octanol–water partition coefficient (Wildman–Crippen LogP) is 4.33. The molecule has 5 nitrogen and oxygen atoms in total. The van der Waals surface area contributed by atoms with Crippen LogP contribution in [0.1, 0.15) is 29.5 Å². The second kappa shape index (κ2) is 9.70. The Morgan fingerprint density at radius 1 is 1.06 bits per heavy atom. The zero-order chi connectivity index (χ0) is 22.6. The average molecular weight is 519 g/mol. The molecule has 2 aromatic rings. The molecule has 0 spiro atoms.